The fraction of sp³-hybridized carbons (Fsp3) is 0.562. The Bertz CT molecular complexity index is 560. The molecule has 0 radical (unpaired) electrons. The van der Waals surface area contributed by atoms with Crippen LogP contribution in [0.25, 0.3) is 0 Å². The molecule has 0 bridgehead atoms. The molecule has 0 heterocycles. The maximum Gasteiger partial charge on any atom is 0.269 e. The molecule has 3 N–H and O–H groups in total. The van der Waals surface area contributed by atoms with Gasteiger partial charge < -0.3 is 15.7 Å². The zero-order chi connectivity index (χ0) is 16.7. The molecule has 0 aliphatic heterocycles. The van der Waals surface area contributed by atoms with Crippen LogP contribution in [0.15, 0.2) is 29.3 Å². The van der Waals surface area contributed by atoms with Gasteiger partial charge in [-0.2, -0.15) is 0 Å². The first-order valence-corrected chi connectivity index (χ1v) is 8.04. The van der Waals surface area contributed by atoms with Crippen molar-refractivity contribution in [2.45, 2.75) is 51.3 Å². The fourth-order valence-corrected chi connectivity index (χ4v) is 2.67. The normalized spacial score (nSPS) is 20.8. The molecule has 2 rings (SSSR count). The molecular weight excluding hydrogens is 423 g/mol. The maximum atomic E-state index is 10.8. The summed E-state index contributed by atoms with van der Waals surface area (Å²) in [5.41, 5.74) is 0.882. The van der Waals surface area contributed by atoms with E-state index in [0.29, 0.717) is 18.5 Å². The van der Waals surface area contributed by atoms with Crippen molar-refractivity contribution in [1.29, 1.82) is 0 Å². The van der Waals surface area contributed by atoms with Crippen LogP contribution < -0.4 is 10.6 Å². The van der Waals surface area contributed by atoms with Gasteiger partial charge in [0.05, 0.1) is 17.6 Å². The zero-order valence-electron chi connectivity index (χ0n) is 13.8. The minimum absolute atomic E-state index is 0. The van der Waals surface area contributed by atoms with Crippen LogP contribution >= 0.6 is 24.0 Å². The number of hydrogen-bond donors (Lipinski definition) is 3. The third-order valence-corrected chi connectivity index (χ3v) is 3.92. The molecule has 0 unspecified atom stereocenters. The number of nitro groups is 1. The highest BCUT2D eigenvalue weighted by molar-refractivity contribution is 14.0. The Morgan fingerprint density at radius 2 is 2.08 bits per heavy atom. The Labute approximate surface area is 159 Å². The van der Waals surface area contributed by atoms with Crippen molar-refractivity contribution in [1.82, 2.24) is 10.6 Å². The predicted molar refractivity (Wildman–Crippen MR) is 105 cm³/mol. The summed E-state index contributed by atoms with van der Waals surface area (Å²) in [5, 5.41) is 26.9. The summed E-state index contributed by atoms with van der Waals surface area (Å²) in [5.74, 6) is 0.709. The standard InChI is InChI=1S/C16H24N4O3.HI/c1-2-17-16(19-13-6-8-15(21)9-7-13)18-11-12-4-3-5-14(10-12)20(22)23;/h3-5,10,13,15,21H,2,6-9,11H2,1H3,(H2,17,18,19);1H. The van der Waals surface area contributed by atoms with E-state index in [4.69, 9.17) is 0 Å². The number of nitrogens with zero attached hydrogens (tertiary/aromatic N) is 2. The molecule has 1 fully saturated rings. The molecule has 0 saturated heterocycles. The first-order chi connectivity index (χ1) is 11.1. The predicted octanol–water partition coefficient (Wildman–Crippen LogP) is 2.57. The van der Waals surface area contributed by atoms with Gasteiger partial charge in [0.1, 0.15) is 0 Å². The molecule has 1 saturated carbocycles. The molecule has 24 heavy (non-hydrogen) atoms. The van der Waals surface area contributed by atoms with Crippen LogP contribution in [0.3, 0.4) is 0 Å². The number of hydrogen-bond acceptors (Lipinski definition) is 4. The largest absolute Gasteiger partial charge is 0.393 e. The second-order valence-corrected chi connectivity index (χ2v) is 5.77. The van der Waals surface area contributed by atoms with E-state index < -0.39 is 4.92 Å². The summed E-state index contributed by atoms with van der Waals surface area (Å²) < 4.78 is 0. The monoisotopic (exact) mass is 448 g/mol. The van der Waals surface area contributed by atoms with Crippen molar-refractivity contribution in [3.63, 3.8) is 0 Å². The summed E-state index contributed by atoms with van der Waals surface area (Å²) in [6.07, 6.45) is 3.27. The van der Waals surface area contributed by atoms with Crippen LogP contribution in [0.4, 0.5) is 5.69 Å². The lowest BCUT2D eigenvalue weighted by atomic mass is 9.93. The Kier molecular flexibility index (Phi) is 8.98. The molecule has 1 aromatic carbocycles. The summed E-state index contributed by atoms with van der Waals surface area (Å²) in [6, 6.07) is 6.83. The van der Waals surface area contributed by atoms with Crippen LogP contribution in [0.2, 0.25) is 0 Å². The number of aliphatic hydroxyl groups is 1. The van der Waals surface area contributed by atoms with E-state index in [1.54, 1.807) is 12.1 Å². The second-order valence-electron chi connectivity index (χ2n) is 5.77. The van der Waals surface area contributed by atoms with Crippen molar-refractivity contribution in [2.75, 3.05) is 6.54 Å². The SMILES string of the molecule is CCNC(=NCc1cccc([N+](=O)[O-])c1)NC1CCC(O)CC1.I. The molecule has 8 heteroatoms. The molecule has 0 amide bonds. The number of nitrogens with one attached hydrogen (secondary N) is 2. The second kappa shape index (κ2) is 10.4. The van der Waals surface area contributed by atoms with Gasteiger partial charge in [-0.1, -0.05) is 12.1 Å². The maximum absolute atomic E-state index is 10.8. The van der Waals surface area contributed by atoms with Gasteiger partial charge in [0.25, 0.3) is 5.69 Å². The van der Waals surface area contributed by atoms with Gasteiger partial charge >= 0.3 is 0 Å². The minimum atomic E-state index is -0.399. The highest BCUT2D eigenvalue weighted by atomic mass is 127. The number of aliphatic imine (C=N–C) groups is 1. The average Bonchev–Trinajstić information content (AvgIpc) is 2.55. The third kappa shape index (κ3) is 6.60. The summed E-state index contributed by atoms with van der Waals surface area (Å²) >= 11 is 0. The van der Waals surface area contributed by atoms with Gasteiger partial charge in [-0.15, -0.1) is 24.0 Å². The lowest BCUT2D eigenvalue weighted by Gasteiger charge is -2.27. The Morgan fingerprint density at radius 1 is 1.38 bits per heavy atom. The van der Waals surface area contributed by atoms with E-state index in [0.717, 1.165) is 37.8 Å². The van der Waals surface area contributed by atoms with E-state index >= 15 is 0 Å². The number of nitro benzene ring substituents is 1. The molecule has 0 spiro atoms. The molecule has 1 aromatic rings. The van der Waals surface area contributed by atoms with E-state index in [-0.39, 0.29) is 35.8 Å². The van der Waals surface area contributed by atoms with Crippen molar-refractivity contribution in [3.8, 4) is 0 Å². The van der Waals surface area contributed by atoms with Gasteiger partial charge in [-0.3, -0.25) is 10.1 Å². The number of aliphatic hydroxyl groups excluding tert-OH is 1. The third-order valence-electron chi connectivity index (χ3n) is 3.92. The van der Waals surface area contributed by atoms with Crippen molar-refractivity contribution >= 4 is 35.6 Å². The Hall–Kier alpha value is -1.42. The summed E-state index contributed by atoms with van der Waals surface area (Å²) in [7, 11) is 0. The quantitative estimate of drug-likeness (QED) is 0.212. The van der Waals surface area contributed by atoms with E-state index in [1.807, 2.05) is 13.0 Å². The zero-order valence-corrected chi connectivity index (χ0v) is 16.1. The highest BCUT2D eigenvalue weighted by Crippen LogP contribution is 2.18. The Morgan fingerprint density at radius 3 is 2.71 bits per heavy atom. The molecule has 0 atom stereocenters. The van der Waals surface area contributed by atoms with Gasteiger partial charge in [0.2, 0.25) is 0 Å². The van der Waals surface area contributed by atoms with Gasteiger partial charge in [0.15, 0.2) is 5.96 Å². The van der Waals surface area contributed by atoms with Crippen LogP contribution in [0.1, 0.15) is 38.2 Å². The first kappa shape index (κ1) is 20.6. The minimum Gasteiger partial charge on any atom is -0.393 e. The Balaban J connectivity index is 0.00000288. The van der Waals surface area contributed by atoms with Crippen LogP contribution in [0, 0.1) is 10.1 Å². The van der Waals surface area contributed by atoms with E-state index in [2.05, 4.69) is 15.6 Å². The number of rotatable bonds is 5. The number of guanidine groups is 1. The number of halogens is 1. The number of benzene rings is 1. The number of non-ortho nitro benzene ring substituents is 1. The molecule has 134 valence electrons. The highest BCUT2D eigenvalue weighted by Gasteiger charge is 2.19. The van der Waals surface area contributed by atoms with Gasteiger partial charge in [-0.25, -0.2) is 4.99 Å². The van der Waals surface area contributed by atoms with Crippen LogP contribution in [-0.4, -0.2) is 34.7 Å². The van der Waals surface area contributed by atoms with Crippen LogP contribution in [-0.2, 0) is 6.54 Å². The van der Waals surface area contributed by atoms with Crippen molar-refractivity contribution < 1.29 is 10.0 Å². The molecule has 0 aromatic heterocycles. The smallest absolute Gasteiger partial charge is 0.269 e. The lowest BCUT2D eigenvalue weighted by Crippen LogP contribution is -2.45. The van der Waals surface area contributed by atoms with E-state index in [9.17, 15) is 15.2 Å². The fourth-order valence-electron chi connectivity index (χ4n) is 2.67. The average molecular weight is 448 g/mol. The van der Waals surface area contributed by atoms with Crippen LogP contribution in [0.5, 0.6) is 0 Å². The molecule has 1 aliphatic carbocycles. The molecular formula is C16H25IN4O3. The van der Waals surface area contributed by atoms with Crippen molar-refractivity contribution in [2.24, 2.45) is 4.99 Å². The summed E-state index contributed by atoms with van der Waals surface area (Å²) in [6.45, 7) is 3.12. The van der Waals surface area contributed by atoms with Gasteiger partial charge in [0, 0.05) is 24.7 Å². The van der Waals surface area contributed by atoms with Gasteiger partial charge in [-0.05, 0) is 38.2 Å². The lowest BCUT2D eigenvalue weighted by molar-refractivity contribution is -0.384. The van der Waals surface area contributed by atoms with E-state index in [1.165, 1.54) is 6.07 Å². The first-order valence-electron chi connectivity index (χ1n) is 8.04. The molecule has 1 aliphatic rings. The topological polar surface area (TPSA) is 99.8 Å². The summed E-state index contributed by atoms with van der Waals surface area (Å²) in [4.78, 5) is 14.9. The van der Waals surface area contributed by atoms with Crippen molar-refractivity contribution in [3.05, 3.63) is 39.9 Å². The molecule has 7 nitrogen and oxygen atoms in total.